The number of benzene rings is 1. The van der Waals surface area contributed by atoms with E-state index in [0.717, 1.165) is 11.5 Å². The standard InChI is InChI=1S/C15H19NO3S2/c1-3-9-20-10-8-16-14(17)12-6-4-5-7-13(12)21-11(2)15(18)19/h3-7,11H,1,8-10H2,2H3,(H,16,17)(H,18,19). The molecule has 1 unspecified atom stereocenters. The van der Waals surface area contributed by atoms with Crippen molar-refractivity contribution in [2.24, 2.45) is 0 Å². The molecule has 0 saturated carbocycles. The normalized spacial score (nSPS) is 11.7. The molecule has 0 aromatic heterocycles. The minimum absolute atomic E-state index is 0.171. The fraction of sp³-hybridized carbons (Fsp3) is 0.333. The maximum atomic E-state index is 12.1. The predicted octanol–water partition coefficient (Wildman–Crippen LogP) is 2.90. The summed E-state index contributed by atoms with van der Waals surface area (Å²) in [5.41, 5.74) is 0.518. The molecule has 1 rings (SSSR count). The Morgan fingerprint density at radius 2 is 2.14 bits per heavy atom. The van der Waals surface area contributed by atoms with Crippen LogP contribution in [-0.2, 0) is 4.79 Å². The molecule has 0 radical (unpaired) electrons. The maximum Gasteiger partial charge on any atom is 0.316 e. The van der Waals surface area contributed by atoms with Gasteiger partial charge in [-0.25, -0.2) is 0 Å². The molecule has 2 N–H and O–H groups in total. The number of carboxylic acid groups (broad SMARTS) is 1. The van der Waals surface area contributed by atoms with E-state index in [1.165, 1.54) is 11.8 Å². The van der Waals surface area contributed by atoms with Crippen LogP contribution in [0.3, 0.4) is 0 Å². The first-order chi connectivity index (χ1) is 10.1. The summed E-state index contributed by atoms with van der Waals surface area (Å²) in [6, 6.07) is 7.05. The number of nitrogens with one attached hydrogen (secondary N) is 1. The predicted molar refractivity (Wildman–Crippen MR) is 89.3 cm³/mol. The van der Waals surface area contributed by atoms with Gasteiger partial charge in [0.15, 0.2) is 0 Å². The maximum absolute atomic E-state index is 12.1. The van der Waals surface area contributed by atoms with E-state index in [1.807, 2.05) is 6.08 Å². The average molecular weight is 325 g/mol. The van der Waals surface area contributed by atoms with E-state index in [-0.39, 0.29) is 5.91 Å². The molecule has 4 nitrogen and oxygen atoms in total. The van der Waals surface area contributed by atoms with Gasteiger partial charge in [0.05, 0.1) is 5.56 Å². The zero-order valence-corrected chi connectivity index (χ0v) is 13.5. The van der Waals surface area contributed by atoms with Crippen LogP contribution < -0.4 is 5.32 Å². The van der Waals surface area contributed by atoms with Crippen LogP contribution in [0.15, 0.2) is 41.8 Å². The Kier molecular flexibility index (Phi) is 8.00. The summed E-state index contributed by atoms with van der Waals surface area (Å²) < 4.78 is 0. The van der Waals surface area contributed by atoms with Crippen molar-refractivity contribution in [2.75, 3.05) is 18.1 Å². The molecule has 6 heteroatoms. The number of carbonyl (C=O) groups is 2. The van der Waals surface area contributed by atoms with Gasteiger partial charge in [0.2, 0.25) is 0 Å². The van der Waals surface area contributed by atoms with E-state index in [9.17, 15) is 9.59 Å². The second kappa shape index (κ2) is 9.52. The number of hydrogen-bond acceptors (Lipinski definition) is 4. The van der Waals surface area contributed by atoms with Gasteiger partial charge in [0.25, 0.3) is 5.91 Å². The number of aliphatic carboxylic acids is 1. The summed E-state index contributed by atoms with van der Waals surface area (Å²) in [6.45, 7) is 5.81. The number of carbonyl (C=O) groups excluding carboxylic acids is 1. The number of amides is 1. The topological polar surface area (TPSA) is 66.4 Å². The Labute approximate surface area is 133 Å². The monoisotopic (exact) mass is 325 g/mol. The number of rotatable bonds is 9. The fourth-order valence-corrected chi connectivity index (χ4v) is 3.00. The number of hydrogen-bond donors (Lipinski definition) is 2. The van der Waals surface area contributed by atoms with Crippen molar-refractivity contribution >= 4 is 35.4 Å². The van der Waals surface area contributed by atoms with Gasteiger partial charge in [0, 0.05) is 22.9 Å². The molecule has 0 heterocycles. The third-order valence-electron chi connectivity index (χ3n) is 2.55. The molecular weight excluding hydrogens is 306 g/mol. The average Bonchev–Trinajstić information content (AvgIpc) is 2.47. The van der Waals surface area contributed by atoms with Gasteiger partial charge in [-0.2, -0.15) is 11.8 Å². The summed E-state index contributed by atoms with van der Waals surface area (Å²) in [5, 5.41) is 11.2. The molecule has 1 aromatic carbocycles. The van der Waals surface area contributed by atoms with Gasteiger partial charge in [-0.15, -0.1) is 18.3 Å². The molecule has 0 bridgehead atoms. The Morgan fingerprint density at radius 1 is 1.43 bits per heavy atom. The Morgan fingerprint density at radius 3 is 2.81 bits per heavy atom. The highest BCUT2D eigenvalue weighted by molar-refractivity contribution is 8.00. The third-order valence-corrected chi connectivity index (χ3v) is 4.68. The van der Waals surface area contributed by atoms with Crippen molar-refractivity contribution in [1.29, 1.82) is 0 Å². The van der Waals surface area contributed by atoms with Crippen molar-refractivity contribution < 1.29 is 14.7 Å². The lowest BCUT2D eigenvalue weighted by atomic mass is 10.2. The summed E-state index contributed by atoms with van der Waals surface area (Å²) in [4.78, 5) is 23.8. The first-order valence-electron chi connectivity index (χ1n) is 6.51. The van der Waals surface area contributed by atoms with E-state index < -0.39 is 11.2 Å². The van der Waals surface area contributed by atoms with Crippen LogP contribution in [0.2, 0.25) is 0 Å². The van der Waals surface area contributed by atoms with Crippen LogP contribution in [0.5, 0.6) is 0 Å². The lowest BCUT2D eigenvalue weighted by Gasteiger charge is -2.11. The van der Waals surface area contributed by atoms with Gasteiger partial charge >= 0.3 is 5.97 Å². The second-order valence-corrected chi connectivity index (χ2v) is 6.75. The molecule has 1 amide bonds. The highest BCUT2D eigenvalue weighted by atomic mass is 32.2. The molecule has 1 aromatic rings. The molecular formula is C15H19NO3S2. The summed E-state index contributed by atoms with van der Waals surface area (Å²) in [6.07, 6.45) is 1.83. The Bertz CT molecular complexity index is 505. The van der Waals surface area contributed by atoms with Crippen LogP contribution in [0.4, 0.5) is 0 Å². The molecule has 0 spiro atoms. The van der Waals surface area contributed by atoms with Crippen LogP contribution in [0, 0.1) is 0 Å². The molecule has 0 aliphatic rings. The molecule has 0 saturated heterocycles. The molecule has 0 fully saturated rings. The van der Waals surface area contributed by atoms with Crippen molar-refractivity contribution in [2.45, 2.75) is 17.1 Å². The molecule has 1 atom stereocenters. The zero-order valence-electron chi connectivity index (χ0n) is 11.9. The summed E-state index contributed by atoms with van der Waals surface area (Å²) in [7, 11) is 0. The smallest absolute Gasteiger partial charge is 0.316 e. The Hall–Kier alpha value is -1.40. The van der Waals surface area contributed by atoms with Gasteiger partial charge in [-0.3, -0.25) is 9.59 Å². The van der Waals surface area contributed by atoms with Gasteiger partial charge in [-0.05, 0) is 19.1 Å². The van der Waals surface area contributed by atoms with E-state index in [4.69, 9.17) is 5.11 Å². The largest absolute Gasteiger partial charge is 0.480 e. The van der Waals surface area contributed by atoms with Crippen LogP contribution in [0.25, 0.3) is 0 Å². The van der Waals surface area contributed by atoms with Crippen molar-refractivity contribution in [1.82, 2.24) is 5.32 Å². The zero-order chi connectivity index (χ0) is 15.7. The Balaban J connectivity index is 2.62. The summed E-state index contributed by atoms with van der Waals surface area (Å²) in [5.74, 6) is 0.614. The first kappa shape index (κ1) is 17.7. The molecule has 21 heavy (non-hydrogen) atoms. The van der Waals surface area contributed by atoms with E-state index >= 15 is 0 Å². The SMILES string of the molecule is C=CCSCCNC(=O)c1ccccc1SC(C)C(=O)O. The highest BCUT2D eigenvalue weighted by Gasteiger charge is 2.17. The second-order valence-electron chi connectivity index (χ2n) is 4.21. The summed E-state index contributed by atoms with van der Waals surface area (Å²) >= 11 is 2.87. The molecule has 114 valence electrons. The highest BCUT2D eigenvalue weighted by Crippen LogP contribution is 2.26. The van der Waals surface area contributed by atoms with Gasteiger partial charge in [-0.1, -0.05) is 18.2 Å². The van der Waals surface area contributed by atoms with Gasteiger partial charge < -0.3 is 10.4 Å². The van der Waals surface area contributed by atoms with Crippen LogP contribution in [0.1, 0.15) is 17.3 Å². The quantitative estimate of drug-likeness (QED) is 0.415. The van der Waals surface area contributed by atoms with E-state index in [2.05, 4.69) is 11.9 Å². The van der Waals surface area contributed by atoms with E-state index in [0.29, 0.717) is 17.0 Å². The minimum Gasteiger partial charge on any atom is -0.480 e. The minimum atomic E-state index is -0.893. The van der Waals surface area contributed by atoms with Crippen molar-refractivity contribution in [3.05, 3.63) is 42.5 Å². The third kappa shape index (κ3) is 6.27. The fourth-order valence-electron chi connectivity index (χ4n) is 1.50. The molecule has 0 aliphatic carbocycles. The first-order valence-corrected chi connectivity index (χ1v) is 8.55. The van der Waals surface area contributed by atoms with Gasteiger partial charge in [0.1, 0.15) is 5.25 Å². The number of thioether (sulfide) groups is 2. The lowest BCUT2D eigenvalue weighted by molar-refractivity contribution is -0.136. The van der Waals surface area contributed by atoms with Crippen LogP contribution >= 0.6 is 23.5 Å². The molecule has 0 aliphatic heterocycles. The van der Waals surface area contributed by atoms with E-state index in [1.54, 1.807) is 43.0 Å². The number of carboxylic acids is 1. The lowest BCUT2D eigenvalue weighted by Crippen LogP contribution is -2.26. The van der Waals surface area contributed by atoms with Crippen LogP contribution in [-0.4, -0.2) is 40.3 Å². The van der Waals surface area contributed by atoms with Crippen molar-refractivity contribution in [3.63, 3.8) is 0 Å². The van der Waals surface area contributed by atoms with Crippen molar-refractivity contribution in [3.8, 4) is 0 Å².